The minimum Gasteiger partial charge on any atom is -0.475 e. The predicted molar refractivity (Wildman–Crippen MR) is 68.7 cm³/mol. The molecule has 2 atom stereocenters. The third kappa shape index (κ3) is 1.31. The Morgan fingerprint density at radius 2 is 2.06 bits per heavy atom. The van der Waals surface area contributed by atoms with Crippen molar-refractivity contribution in [1.29, 1.82) is 0 Å². The van der Waals surface area contributed by atoms with Gasteiger partial charge >= 0.3 is 0 Å². The second-order valence-electron chi connectivity index (χ2n) is 5.69. The molecule has 0 saturated heterocycles. The maximum atomic E-state index is 5.87. The first-order chi connectivity index (χ1) is 8.64. The third-order valence-electron chi connectivity index (χ3n) is 3.68. The highest BCUT2D eigenvalue weighted by atomic mass is 16.5. The second kappa shape index (κ2) is 3.23. The Labute approximate surface area is 106 Å². The molecule has 3 aliphatic rings. The Hall–Kier alpha value is -1.61. The maximum Gasteiger partial charge on any atom is 0.217 e. The molecule has 18 heavy (non-hydrogen) atoms. The molecule has 92 valence electrons. The molecule has 3 heteroatoms. The smallest absolute Gasteiger partial charge is 0.217 e. The molecule has 1 aromatic rings. The number of rotatable bonds is 1. The molecule has 0 fully saturated rings. The normalized spacial score (nSPS) is 30.2. The van der Waals surface area contributed by atoms with Crippen molar-refractivity contribution in [2.24, 2.45) is 4.99 Å². The van der Waals surface area contributed by atoms with Crippen LogP contribution in [0.2, 0.25) is 0 Å². The van der Waals surface area contributed by atoms with E-state index in [1.165, 1.54) is 11.1 Å². The summed E-state index contributed by atoms with van der Waals surface area (Å²) in [6, 6.07) is 6.27. The van der Waals surface area contributed by atoms with Crippen molar-refractivity contribution in [2.75, 3.05) is 6.61 Å². The van der Waals surface area contributed by atoms with E-state index in [1.807, 2.05) is 0 Å². The quantitative estimate of drug-likeness (QED) is 0.708. The van der Waals surface area contributed by atoms with Gasteiger partial charge in [-0.1, -0.05) is 24.3 Å². The molecule has 0 radical (unpaired) electrons. The fourth-order valence-corrected chi connectivity index (χ4v) is 2.85. The van der Waals surface area contributed by atoms with Crippen LogP contribution in [0.5, 0.6) is 0 Å². The minimum absolute atomic E-state index is 0.0798. The summed E-state index contributed by atoms with van der Waals surface area (Å²) in [6.07, 6.45) is 4.45. The number of nitrogens with zero attached hydrogens (tertiary/aromatic N) is 1. The first-order valence-electron chi connectivity index (χ1n) is 6.34. The van der Waals surface area contributed by atoms with Crippen molar-refractivity contribution in [3.05, 3.63) is 47.0 Å². The van der Waals surface area contributed by atoms with Crippen molar-refractivity contribution in [2.45, 2.75) is 31.6 Å². The summed E-state index contributed by atoms with van der Waals surface area (Å²) < 4.78 is 11.6. The molecule has 0 aromatic heterocycles. The maximum absolute atomic E-state index is 5.87. The first kappa shape index (κ1) is 10.3. The van der Waals surface area contributed by atoms with Gasteiger partial charge in [-0.15, -0.1) is 0 Å². The Balaban J connectivity index is 1.86. The van der Waals surface area contributed by atoms with Crippen LogP contribution in [0.4, 0.5) is 0 Å². The van der Waals surface area contributed by atoms with Gasteiger partial charge in [0.2, 0.25) is 5.90 Å². The molecule has 0 aliphatic carbocycles. The Morgan fingerprint density at radius 3 is 2.83 bits per heavy atom. The fourth-order valence-electron chi connectivity index (χ4n) is 2.85. The SMILES string of the molecule is CC1(C)COC(c2cccc3c2[C@@H]2C=C[C@H]3O2)=N1. The summed E-state index contributed by atoms with van der Waals surface area (Å²) in [5.41, 5.74) is 3.47. The molecule has 3 aliphatic heterocycles. The average molecular weight is 241 g/mol. The van der Waals surface area contributed by atoms with Gasteiger partial charge in [0.25, 0.3) is 0 Å². The van der Waals surface area contributed by atoms with E-state index in [0.29, 0.717) is 6.61 Å². The van der Waals surface area contributed by atoms with E-state index in [-0.39, 0.29) is 17.7 Å². The molecule has 4 rings (SSSR count). The van der Waals surface area contributed by atoms with Gasteiger partial charge in [0.1, 0.15) is 18.8 Å². The van der Waals surface area contributed by atoms with Crippen molar-refractivity contribution in [1.82, 2.24) is 0 Å². The zero-order valence-electron chi connectivity index (χ0n) is 10.5. The average Bonchev–Trinajstić information content (AvgIpc) is 3.02. The highest BCUT2D eigenvalue weighted by Gasteiger charge is 2.38. The van der Waals surface area contributed by atoms with Crippen molar-refractivity contribution in [3.63, 3.8) is 0 Å². The van der Waals surface area contributed by atoms with E-state index in [1.54, 1.807) is 0 Å². The summed E-state index contributed by atoms with van der Waals surface area (Å²) in [4.78, 5) is 4.67. The van der Waals surface area contributed by atoms with Crippen LogP contribution < -0.4 is 0 Å². The van der Waals surface area contributed by atoms with Crippen LogP contribution in [-0.2, 0) is 9.47 Å². The number of hydrogen-bond donors (Lipinski definition) is 0. The lowest BCUT2D eigenvalue weighted by molar-refractivity contribution is 0.0877. The van der Waals surface area contributed by atoms with E-state index < -0.39 is 0 Å². The van der Waals surface area contributed by atoms with Crippen molar-refractivity contribution >= 4 is 5.90 Å². The molecule has 2 bridgehead atoms. The molecular formula is C15H15NO2. The van der Waals surface area contributed by atoms with E-state index in [2.05, 4.69) is 49.2 Å². The monoisotopic (exact) mass is 241 g/mol. The number of aliphatic imine (C=N–C) groups is 1. The van der Waals surface area contributed by atoms with Crippen LogP contribution in [-0.4, -0.2) is 18.0 Å². The second-order valence-corrected chi connectivity index (χ2v) is 5.69. The van der Waals surface area contributed by atoms with E-state index in [0.717, 1.165) is 11.5 Å². The van der Waals surface area contributed by atoms with E-state index >= 15 is 0 Å². The summed E-state index contributed by atoms with van der Waals surface area (Å²) in [5.74, 6) is 0.765. The molecule has 3 nitrogen and oxygen atoms in total. The third-order valence-corrected chi connectivity index (χ3v) is 3.68. The highest BCUT2D eigenvalue weighted by Crippen LogP contribution is 2.47. The molecule has 0 amide bonds. The number of hydrogen-bond acceptors (Lipinski definition) is 3. The van der Waals surface area contributed by atoms with Crippen LogP contribution in [0, 0.1) is 0 Å². The van der Waals surface area contributed by atoms with Gasteiger partial charge in [-0.3, -0.25) is 0 Å². The molecule has 3 heterocycles. The van der Waals surface area contributed by atoms with Gasteiger partial charge in [-0.2, -0.15) is 0 Å². The van der Waals surface area contributed by atoms with Gasteiger partial charge < -0.3 is 9.47 Å². The summed E-state index contributed by atoms with van der Waals surface area (Å²) in [6.45, 7) is 4.83. The molecule has 0 unspecified atom stereocenters. The molecule has 0 N–H and O–H groups in total. The van der Waals surface area contributed by atoms with Crippen molar-refractivity contribution < 1.29 is 9.47 Å². The summed E-state index contributed by atoms with van der Waals surface area (Å²) in [7, 11) is 0. The Bertz CT molecular complexity index is 586. The highest BCUT2D eigenvalue weighted by molar-refractivity contribution is 5.97. The van der Waals surface area contributed by atoms with Gasteiger partial charge in [0, 0.05) is 11.1 Å². The van der Waals surface area contributed by atoms with Crippen LogP contribution >= 0.6 is 0 Å². The van der Waals surface area contributed by atoms with Crippen LogP contribution in [0.3, 0.4) is 0 Å². The molecular weight excluding hydrogens is 226 g/mol. The fraction of sp³-hybridized carbons (Fsp3) is 0.400. The standard InChI is InChI=1S/C15H15NO2/c1-15(2)8-17-14(16-15)10-5-3-4-9-11-6-7-12(18-11)13(9)10/h3-7,11-12H,8H2,1-2H3/t11-,12+/m1/s1. The minimum atomic E-state index is -0.119. The lowest BCUT2D eigenvalue weighted by Gasteiger charge is -2.12. The Kier molecular flexibility index (Phi) is 1.86. The summed E-state index contributed by atoms with van der Waals surface area (Å²) in [5, 5.41) is 0. The van der Waals surface area contributed by atoms with Crippen molar-refractivity contribution in [3.8, 4) is 0 Å². The molecule has 0 spiro atoms. The van der Waals surface area contributed by atoms with Gasteiger partial charge in [0.15, 0.2) is 0 Å². The summed E-state index contributed by atoms with van der Waals surface area (Å²) >= 11 is 0. The molecule has 1 aromatic carbocycles. The van der Waals surface area contributed by atoms with Crippen LogP contribution in [0.1, 0.15) is 42.7 Å². The van der Waals surface area contributed by atoms with Gasteiger partial charge in [0.05, 0.1) is 5.54 Å². The number of ether oxygens (including phenoxy) is 2. The first-order valence-corrected chi connectivity index (χ1v) is 6.34. The zero-order chi connectivity index (χ0) is 12.3. The van der Waals surface area contributed by atoms with Crippen LogP contribution in [0.25, 0.3) is 0 Å². The lowest BCUT2D eigenvalue weighted by Crippen LogP contribution is -2.17. The Morgan fingerprint density at radius 1 is 1.22 bits per heavy atom. The van der Waals surface area contributed by atoms with Crippen LogP contribution in [0.15, 0.2) is 35.3 Å². The van der Waals surface area contributed by atoms with Gasteiger partial charge in [-0.25, -0.2) is 4.99 Å². The topological polar surface area (TPSA) is 30.8 Å². The van der Waals surface area contributed by atoms with Gasteiger partial charge in [-0.05, 0) is 25.5 Å². The number of fused-ring (bicyclic) bond motifs is 5. The lowest BCUT2D eigenvalue weighted by atomic mass is 9.92. The largest absolute Gasteiger partial charge is 0.475 e. The zero-order valence-corrected chi connectivity index (χ0v) is 10.5. The molecule has 0 saturated carbocycles. The van der Waals surface area contributed by atoms with E-state index in [4.69, 9.17) is 9.47 Å². The van der Waals surface area contributed by atoms with E-state index in [9.17, 15) is 0 Å². The predicted octanol–water partition coefficient (Wildman–Crippen LogP) is 2.92. The number of benzene rings is 1.